The Hall–Kier alpha value is 0.530. The smallest absolute Gasteiger partial charge is 0.261 e. The predicted octanol–water partition coefficient (Wildman–Crippen LogP) is 3.45. The van der Waals surface area contributed by atoms with E-state index in [0.717, 1.165) is 13.0 Å². The first-order valence-corrected chi connectivity index (χ1v) is 8.46. The second kappa shape index (κ2) is 9.73. The highest BCUT2D eigenvalue weighted by molar-refractivity contribution is 8.08. The van der Waals surface area contributed by atoms with Crippen molar-refractivity contribution in [3.05, 3.63) is 0 Å². The SMILES string of the molecule is CCCCCCNP(=S)(OCC)OCC. The van der Waals surface area contributed by atoms with Crippen molar-refractivity contribution in [3.63, 3.8) is 0 Å². The minimum absolute atomic E-state index is 0.610. The third kappa shape index (κ3) is 8.35. The van der Waals surface area contributed by atoms with Crippen LogP contribution in [0.1, 0.15) is 46.5 Å². The van der Waals surface area contributed by atoms with Gasteiger partial charge >= 0.3 is 0 Å². The van der Waals surface area contributed by atoms with Crippen LogP contribution in [0.3, 0.4) is 0 Å². The van der Waals surface area contributed by atoms with E-state index in [4.69, 9.17) is 20.9 Å². The molecule has 0 aromatic rings. The number of hydrogen-bond donors (Lipinski definition) is 1. The van der Waals surface area contributed by atoms with Crippen LogP contribution < -0.4 is 5.09 Å². The summed E-state index contributed by atoms with van der Waals surface area (Å²) in [6.45, 7) is 6.03. The fraction of sp³-hybridized carbons (Fsp3) is 1.00. The molecule has 5 heteroatoms. The summed E-state index contributed by atoms with van der Waals surface area (Å²) >= 11 is 5.33. The molecular weight excluding hydrogens is 229 g/mol. The summed E-state index contributed by atoms with van der Waals surface area (Å²) in [7, 11) is 0. The first-order chi connectivity index (χ1) is 7.18. The molecule has 92 valence electrons. The van der Waals surface area contributed by atoms with Crippen molar-refractivity contribution in [1.29, 1.82) is 0 Å². The van der Waals surface area contributed by atoms with Crippen LogP contribution in [0.2, 0.25) is 0 Å². The second-order valence-electron chi connectivity index (χ2n) is 3.30. The first kappa shape index (κ1) is 15.5. The van der Waals surface area contributed by atoms with Crippen molar-refractivity contribution in [1.82, 2.24) is 5.09 Å². The van der Waals surface area contributed by atoms with Gasteiger partial charge in [-0.1, -0.05) is 26.2 Å². The third-order valence-corrected chi connectivity index (χ3v) is 4.76. The topological polar surface area (TPSA) is 30.5 Å². The van der Waals surface area contributed by atoms with Crippen LogP contribution in [0.15, 0.2) is 0 Å². The zero-order chi connectivity index (χ0) is 11.6. The highest BCUT2D eigenvalue weighted by Gasteiger charge is 2.15. The molecule has 0 fully saturated rings. The van der Waals surface area contributed by atoms with Gasteiger partial charge in [0.15, 0.2) is 0 Å². The van der Waals surface area contributed by atoms with E-state index in [1.54, 1.807) is 0 Å². The molecule has 0 aromatic carbocycles. The van der Waals surface area contributed by atoms with Gasteiger partial charge in [-0.2, -0.15) is 0 Å². The summed E-state index contributed by atoms with van der Waals surface area (Å²) < 4.78 is 10.9. The van der Waals surface area contributed by atoms with Gasteiger partial charge in [0.1, 0.15) is 0 Å². The summed E-state index contributed by atoms with van der Waals surface area (Å²) in [5.41, 5.74) is 0. The van der Waals surface area contributed by atoms with Gasteiger partial charge in [0.25, 0.3) is 6.64 Å². The Labute approximate surface area is 99.2 Å². The summed E-state index contributed by atoms with van der Waals surface area (Å²) in [6, 6.07) is 0. The average molecular weight is 253 g/mol. The van der Waals surface area contributed by atoms with Gasteiger partial charge in [0.05, 0.1) is 13.2 Å². The molecule has 1 N–H and O–H groups in total. The Morgan fingerprint density at radius 1 is 1.00 bits per heavy atom. The maximum absolute atomic E-state index is 5.47. The highest BCUT2D eigenvalue weighted by Crippen LogP contribution is 2.43. The number of nitrogens with one attached hydrogen (secondary N) is 1. The van der Waals surface area contributed by atoms with Crippen LogP contribution >= 0.6 is 6.64 Å². The van der Waals surface area contributed by atoms with Crippen molar-refractivity contribution in [2.24, 2.45) is 0 Å². The number of rotatable bonds is 10. The quantitative estimate of drug-likeness (QED) is 0.477. The normalized spacial score (nSPS) is 11.9. The van der Waals surface area contributed by atoms with E-state index >= 15 is 0 Å². The lowest BCUT2D eigenvalue weighted by Crippen LogP contribution is -2.16. The van der Waals surface area contributed by atoms with E-state index in [9.17, 15) is 0 Å². The minimum atomic E-state index is -2.18. The zero-order valence-corrected chi connectivity index (χ0v) is 11.8. The lowest BCUT2D eigenvalue weighted by atomic mass is 10.2. The third-order valence-electron chi connectivity index (χ3n) is 1.93. The van der Waals surface area contributed by atoms with Crippen molar-refractivity contribution < 1.29 is 9.05 Å². The highest BCUT2D eigenvalue weighted by atomic mass is 32.5. The summed E-state index contributed by atoms with van der Waals surface area (Å²) in [5, 5.41) is 3.24. The molecule has 0 aliphatic heterocycles. The molecule has 0 saturated carbocycles. The molecule has 0 aliphatic rings. The predicted molar refractivity (Wildman–Crippen MR) is 69.7 cm³/mol. The fourth-order valence-corrected chi connectivity index (χ4v) is 3.51. The fourth-order valence-electron chi connectivity index (χ4n) is 1.24. The molecular formula is C10H24NO2PS. The maximum Gasteiger partial charge on any atom is 0.261 e. The van der Waals surface area contributed by atoms with Gasteiger partial charge < -0.3 is 9.05 Å². The Kier molecular flexibility index (Phi) is 10.1. The standard InChI is InChI=1S/C10H24NO2PS/c1-4-7-8-9-10-11-14(15,12-5-2)13-6-3/h4-10H2,1-3H3,(H,11,15). The molecule has 0 spiro atoms. The van der Waals surface area contributed by atoms with Crippen LogP contribution in [-0.2, 0) is 20.9 Å². The zero-order valence-electron chi connectivity index (χ0n) is 10.1. The van der Waals surface area contributed by atoms with E-state index in [0.29, 0.717) is 13.2 Å². The number of hydrogen-bond acceptors (Lipinski definition) is 3. The van der Waals surface area contributed by atoms with Gasteiger partial charge in [0, 0.05) is 6.54 Å². The van der Waals surface area contributed by atoms with E-state index < -0.39 is 6.64 Å². The summed E-state index contributed by atoms with van der Waals surface area (Å²) in [4.78, 5) is 0. The Morgan fingerprint density at radius 3 is 2.07 bits per heavy atom. The largest absolute Gasteiger partial charge is 0.318 e. The first-order valence-electron chi connectivity index (χ1n) is 5.82. The lowest BCUT2D eigenvalue weighted by Gasteiger charge is -2.21. The molecule has 0 bridgehead atoms. The van der Waals surface area contributed by atoms with Gasteiger partial charge in [0.2, 0.25) is 0 Å². The summed E-state index contributed by atoms with van der Waals surface area (Å²) in [6.07, 6.45) is 4.93. The molecule has 0 atom stereocenters. The van der Waals surface area contributed by atoms with Crippen LogP contribution in [0, 0.1) is 0 Å². The van der Waals surface area contributed by atoms with Gasteiger partial charge in [-0.3, -0.25) is 0 Å². The van der Waals surface area contributed by atoms with Crippen molar-refractivity contribution in [3.8, 4) is 0 Å². The van der Waals surface area contributed by atoms with Crippen LogP contribution in [0.4, 0.5) is 0 Å². The molecule has 0 rings (SSSR count). The lowest BCUT2D eigenvalue weighted by molar-refractivity contribution is 0.258. The van der Waals surface area contributed by atoms with E-state index in [-0.39, 0.29) is 0 Å². The minimum Gasteiger partial charge on any atom is -0.318 e. The van der Waals surface area contributed by atoms with E-state index in [2.05, 4.69) is 12.0 Å². The van der Waals surface area contributed by atoms with Gasteiger partial charge in [-0.25, -0.2) is 5.09 Å². The van der Waals surface area contributed by atoms with Crippen molar-refractivity contribution in [2.45, 2.75) is 46.5 Å². The molecule has 15 heavy (non-hydrogen) atoms. The van der Waals surface area contributed by atoms with E-state index in [1.165, 1.54) is 19.3 Å². The molecule has 0 amide bonds. The molecule has 0 aliphatic carbocycles. The second-order valence-corrected chi connectivity index (χ2v) is 6.57. The molecule has 3 nitrogen and oxygen atoms in total. The van der Waals surface area contributed by atoms with Crippen molar-refractivity contribution >= 4 is 18.4 Å². The number of unbranched alkanes of at least 4 members (excludes halogenated alkanes) is 3. The maximum atomic E-state index is 5.47. The Morgan fingerprint density at radius 2 is 1.60 bits per heavy atom. The van der Waals surface area contributed by atoms with Gasteiger partial charge in [-0.15, -0.1) is 0 Å². The Balaban J connectivity index is 3.71. The van der Waals surface area contributed by atoms with E-state index in [1.807, 2.05) is 13.8 Å². The molecule has 0 radical (unpaired) electrons. The average Bonchev–Trinajstić information content (AvgIpc) is 2.18. The Bertz CT molecular complexity index is 180. The monoisotopic (exact) mass is 253 g/mol. The molecule has 0 aromatic heterocycles. The van der Waals surface area contributed by atoms with Crippen molar-refractivity contribution in [2.75, 3.05) is 19.8 Å². The van der Waals surface area contributed by atoms with Crippen LogP contribution in [0.25, 0.3) is 0 Å². The molecule has 0 saturated heterocycles. The van der Waals surface area contributed by atoms with Gasteiger partial charge in [-0.05, 0) is 32.1 Å². The molecule has 0 unspecified atom stereocenters. The summed E-state index contributed by atoms with van der Waals surface area (Å²) in [5.74, 6) is 0. The van der Waals surface area contributed by atoms with Crippen LogP contribution in [-0.4, -0.2) is 19.8 Å². The molecule has 0 heterocycles. The van der Waals surface area contributed by atoms with Crippen LogP contribution in [0.5, 0.6) is 0 Å².